The molecule has 3 rings (SSSR count). The molecule has 2 aromatic carbocycles. The maximum absolute atomic E-state index is 13.4. The summed E-state index contributed by atoms with van der Waals surface area (Å²) in [6.07, 6.45) is 2.03. The number of ether oxygens (including phenoxy) is 1. The number of benzene rings is 2. The van der Waals surface area contributed by atoms with E-state index in [9.17, 15) is 4.39 Å². The van der Waals surface area contributed by atoms with Gasteiger partial charge in [-0.05, 0) is 37.3 Å². The summed E-state index contributed by atoms with van der Waals surface area (Å²) in [5.41, 5.74) is 1.99. The van der Waals surface area contributed by atoms with Crippen molar-refractivity contribution in [2.45, 2.75) is 20.1 Å². The Morgan fingerprint density at radius 1 is 1.10 bits per heavy atom. The van der Waals surface area contributed by atoms with Crippen LogP contribution in [0.15, 0.2) is 54.7 Å². The Labute approximate surface area is 117 Å². The number of nitrogens with zero attached hydrogens (tertiary/aromatic N) is 1. The summed E-state index contributed by atoms with van der Waals surface area (Å²) in [6.45, 7) is 3.34. The molecule has 0 atom stereocenters. The van der Waals surface area contributed by atoms with E-state index in [0.717, 1.165) is 28.8 Å². The molecule has 0 saturated heterocycles. The highest BCUT2D eigenvalue weighted by Gasteiger charge is 2.09. The number of halogens is 1. The van der Waals surface area contributed by atoms with E-state index in [1.165, 1.54) is 6.07 Å². The molecule has 3 heteroatoms. The molecule has 0 bridgehead atoms. The first kappa shape index (κ1) is 12.7. The summed E-state index contributed by atoms with van der Waals surface area (Å²) >= 11 is 0. The fourth-order valence-electron chi connectivity index (χ4n) is 2.40. The summed E-state index contributed by atoms with van der Waals surface area (Å²) < 4.78 is 21.2. The van der Waals surface area contributed by atoms with Crippen LogP contribution in [0.2, 0.25) is 0 Å². The second kappa shape index (κ2) is 5.37. The largest absolute Gasteiger partial charge is 0.489 e. The molecule has 102 valence electrons. The molecule has 3 aromatic rings. The minimum absolute atomic E-state index is 0.208. The van der Waals surface area contributed by atoms with Gasteiger partial charge in [0.1, 0.15) is 18.2 Å². The predicted octanol–water partition coefficient (Wildman–Crippen LogP) is 4.38. The normalized spacial score (nSPS) is 10.9. The van der Waals surface area contributed by atoms with Crippen LogP contribution in [-0.2, 0) is 13.2 Å². The molecule has 0 aliphatic rings. The Balaban J connectivity index is 1.92. The zero-order chi connectivity index (χ0) is 13.9. The van der Waals surface area contributed by atoms with E-state index in [2.05, 4.69) is 0 Å². The summed E-state index contributed by atoms with van der Waals surface area (Å²) in [7, 11) is 0. The van der Waals surface area contributed by atoms with Gasteiger partial charge in [0.05, 0.1) is 5.52 Å². The lowest BCUT2D eigenvalue weighted by atomic mass is 10.2. The average Bonchev–Trinajstić information content (AvgIpc) is 2.83. The fourth-order valence-corrected chi connectivity index (χ4v) is 2.40. The van der Waals surface area contributed by atoms with Gasteiger partial charge in [-0.2, -0.15) is 0 Å². The lowest BCUT2D eigenvalue weighted by Crippen LogP contribution is -1.94. The van der Waals surface area contributed by atoms with Crippen LogP contribution in [-0.4, -0.2) is 4.57 Å². The van der Waals surface area contributed by atoms with Crippen molar-refractivity contribution >= 4 is 10.9 Å². The first-order chi connectivity index (χ1) is 9.78. The Kier molecular flexibility index (Phi) is 3.42. The van der Waals surface area contributed by atoms with Gasteiger partial charge in [-0.1, -0.05) is 18.2 Å². The van der Waals surface area contributed by atoms with E-state index in [1.54, 1.807) is 6.07 Å². The second-order valence-corrected chi connectivity index (χ2v) is 4.70. The van der Waals surface area contributed by atoms with Crippen molar-refractivity contribution in [3.05, 3.63) is 66.1 Å². The maximum Gasteiger partial charge on any atom is 0.125 e. The number of aryl methyl sites for hydroxylation is 1. The minimum atomic E-state index is -0.208. The van der Waals surface area contributed by atoms with E-state index >= 15 is 0 Å². The van der Waals surface area contributed by atoms with Crippen molar-refractivity contribution in [2.24, 2.45) is 0 Å². The quantitative estimate of drug-likeness (QED) is 0.685. The van der Waals surface area contributed by atoms with Crippen molar-refractivity contribution in [3.63, 3.8) is 0 Å². The molecule has 0 amide bonds. The Hall–Kier alpha value is -2.29. The lowest BCUT2D eigenvalue weighted by Gasteiger charge is -2.04. The van der Waals surface area contributed by atoms with Crippen molar-refractivity contribution in [1.82, 2.24) is 4.57 Å². The van der Waals surface area contributed by atoms with Crippen LogP contribution in [0.5, 0.6) is 5.75 Å². The van der Waals surface area contributed by atoms with E-state index < -0.39 is 0 Å². The van der Waals surface area contributed by atoms with E-state index in [-0.39, 0.29) is 5.82 Å². The molecule has 0 fully saturated rings. The number of para-hydroxylation sites is 1. The molecule has 20 heavy (non-hydrogen) atoms. The maximum atomic E-state index is 13.4. The molecule has 2 nitrogen and oxygen atoms in total. The topological polar surface area (TPSA) is 14.2 Å². The summed E-state index contributed by atoms with van der Waals surface area (Å²) in [5, 5.41) is 1.05. The van der Waals surface area contributed by atoms with Crippen LogP contribution in [0, 0.1) is 5.82 Å². The SMILES string of the molecule is CCn1cc(COc2ccccc2)c2ccc(F)cc21. The van der Waals surface area contributed by atoms with Crippen molar-refractivity contribution in [1.29, 1.82) is 0 Å². The number of hydrogen-bond donors (Lipinski definition) is 0. The van der Waals surface area contributed by atoms with Gasteiger partial charge >= 0.3 is 0 Å². The lowest BCUT2D eigenvalue weighted by molar-refractivity contribution is 0.307. The molecule has 1 heterocycles. The first-order valence-corrected chi connectivity index (χ1v) is 6.73. The third kappa shape index (κ3) is 2.39. The molecular formula is C17H16FNO. The highest BCUT2D eigenvalue weighted by atomic mass is 19.1. The smallest absolute Gasteiger partial charge is 0.125 e. The molecule has 0 unspecified atom stereocenters. The summed E-state index contributed by atoms with van der Waals surface area (Å²) in [6, 6.07) is 14.6. The first-order valence-electron chi connectivity index (χ1n) is 6.73. The zero-order valence-electron chi connectivity index (χ0n) is 11.3. The minimum Gasteiger partial charge on any atom is -0.489 e. The molecular weight excluding hydrogens is 253 g/mol. The third-order valence-electron chi connectivity index (χ3n) is 3.41. The van der Waals surface area contributed by atoms with Crippen LogP contribution in [0.4, 0.5) is 4.39 Å². The Morgan fingerprint density at radius 3 is 2.65 bits per heavy atom. The van der Waals surface area contributed by atoms with Crippen LogP contribution >= 0.6 is 0 Å². The second-order valence-electron chi connectivity index (χ2n) is 4.70. The predicted molar refractivity (Wildman–Crippen MR) is 78.3 cm³/mol. The number of hydrogen-bond acceptors (Lipinski definition) is 1. The van der Waals surface area contributed by atoms with Crippen LogP contribution in [0.3, 0.4) is 0 Å². The standard InChI is InChI=1S/C17H16FNO/c1-2-19-11-13(12-20-15-6-4-3-5-7-15)16-9-8-14(18)10-17(16)19/h3-11H,2,12H2,1H3. The fraction of sp³-hybridized carbons (Fsp3) is 0.176. The van der Waals surface area contributed by atoms with E-state index in [0.29, 0.717) is 6.61 Å². The highest BCUT2D eigenvalue weighted by Crippen LogP contribution is 2.24. The van der Waals surface area contributed by atoms with Gasteiger partial charge in [0.25, 0.3) is 0 Å². The van der Waals surface area contributed by atoms with Crippen molar-refractivity contribution in [3.8, 4) is 5.75 Å². The summed E-state index contributed by atoms with van der Waals surface area (Å²) in [5.74, 6) is 0.632. The highest BCUT2D eigenvalue weighted by molar-refractivity contribution is 5.84. The average molecular weight is 269 g/mol. The molecule has 0 spiro atoms. The monoisotopic (exact) mass is 269 g/mol. The van der Waals surface area contributed by atoms with Gasteiger partial charge in [-0.3, -0.25) is 0 Å². The molecule has 1 aromatic heterocycles. The van der Waals surface area contributed by atoms with E-state index in [4.69, 9.17) is 4.74 Å². The molecule has 0 aliphatic carbocycles. The van der Waals surface area contributed by atoms with Crippen molar-refractivity contribution < 1.29 is 9.13 Å². The van der Waals surface area contributed by atoms with Gasteiger partial charge in [0.15, 0.2) is 0 Å². The molecule has 0 radical (unpaired) electrons. The van der Waals surface area contributed by atoms with Gasteiger partial charge in [0.2, 0.25) is 0 Å². The van der Waals surface area contributed by atoms with Crippen LogP contribution in [0.25, 0.3) is 10.9 Å². The van der Waals surface area contributed by atoms with Gasteiger partial charge < -0.3 is 9.30 Å². The third-order valence-corrected chi connectivity index (χ3v) is 3.41. The molecule has 0 saturated carbocycles. The Bertz CT molecular complexity index is 718. The Morgan fingerprint density at radius 2 is 1.90 bits per heavy atom. The van der Waals surface area contributed by atoms with Crippen LogP contribution < -0.4 is 4.74 Å². The van der Waals surface area contributed by atoms with Crippen LogP contribution in [0.1, 0.15) is 12.5 Å². The number of rotatable bonds is 4. The molecule has 0 aliphatic heterocycles. The van der Waals surface area contributed by atoms with Gasteiger partial charge in [-0.25, -0.2) is 4.39 Å². The van der Waals surface area contributed by atoms with E-state index in [1.807, 2.05) is 54.1 Å². The van der Waals surface area contributed by atoms with Crippen molar-refractivity contribution in [2.75, 3.05) is 0 Å². The van der Waals surface area contributed by atoms with Gasteiger partial charge in [-0.15, -0.1) is 0 Å². The summed E-state index contributed by atoms with van der Waals surface area (Å²) in [4.78, 5) is 0. The number of aromatic nitrogens is 1. The van der Waals surface area contributed by atoms with Gasteiger partial charge in [0, 0.05) is 23.7 Å². The number of fused-ring (bicyclic) bond motifs is 1. The zero-order valence-corrected chi connectivity index (χ0v) is 11.3. The molecule has 0 N–H and O–H groups in total.